The van der Waals surface area contributed by atoms with Gasteiger partial charge in [0.25, 0.3) is 0 Å². The van der Waals surface area contributed by atoms with Gasteiger partial charge in [0.1, 0.15) is 5.69 Å². The van der Waals surface area contributed by atoms with Crippen molar-refractivity contribution >= 4 is 27.4 Å². The minimum atomic E-state index is -4.56. The zero-order valence-corrected chi connectivity index (χ0v) is 17.8. The smallest absolute Gasteiger partial charge is 0.339 e. The number of anilines is 3. The number of hydrogen-bond donors (Lipinski definition) is 1. The fourth-order valence-corrected chi connectivity index (χ4v) is 4.48. The molecular weight excluding hydrogens is 445 g/mol. The molecule has 1 aliphatic heterocycles. The maximum atomic E-state index is 12.9. The van der Waals surface area contributed by atoms with Crippen molar-refractivity contribution < 1.29 is 21.6 Å². The first-order valence-corrected chi connectivity index (χ1v) is 11.5. The van der Waals surface area contributed by atoms with Crippen LogP contribution < -0.4 is 10.2 Å². The van der Waals surface area contributed by atoms with E-state index in [1.54, 1.807) is 24.5 Å². The van der Waals surface area contributed by atoms with Gasteiger partial charge in [-0.3, -0.25) is 0 Å². The lowest BCUT2D eigenvalue weighted by Crippen LogP contribution is -2.41. The third-order valence-corrected chi connectivity index (χ3v) is 6.49. The molecule has 12 heteroatoms. The lowest BCUT2D eigenvalue weighted by molar-refractivity contribution is -0.141. The highest BCUT2D eigenvalue weighted by molar-refractivity contribution is 7.91. The van der Waals surface area contributed by atoms with Crippen molar-refractivity contribution in [1.82, 2.24) is 19.9 Å². The molecule has 0 spiro atoms. The van der Waals surface area contributed by atoms with Crippen LogP contribution in [0.1, 0.15) is 11.3 Å². The van der Waals surface area contributed by atoms with E-state index in [1.807, 2.05) is 17.9 Å². The van der Waals surface area contributed by atoms with Crippen molar-refractivity contribution in [2.24, 2.45) is 0 Å². The van der Waals surface area contributed by atoms with Crippen molar-refractivity contribution in [2.45, 2.75) is 13.1 Å². The average Bonchev–Trinajstić information content (AvgIpc) is 2.73. The van der Waals surface area contributed by atoms with Crippen LogP contribution in [-0.4, -0.2) is 52.9 Å². The summed E-state index contributed by atoms with van der Waals surface area (Å²) < 4.78 is 61.9. The van der Waals surface area contributed by atoms with Gasteiger partial charge >= 0.3 is 6.18 Å². The van der Waals surface area contributed by atoms with E-state index in [2.05, 4.69) is 25.3 Å². The summed E-state index contributed by atoms with van der Waals surface area (Å²) in [5.74, 6) is 0.431. The molecule has 8 nitrogen and oxygen atoms in total. The molecule has 0 bridgehead atoms. The van der Waals surface area contributed by atoms with Crippen molar-refractivity contribution in [3.8, 4) is 11.1 Å². The van der Waals surface area contributed by atoms with Crippen molar-refractivity contribution in [3.63, 3.8) is 0 Å². The van der Waals surface area contributed by atoms with E-state index in [0.717, 1.165) is 23.4 Å². The number of nitrogens with zero attached hydrogens (tertiary/aromatic N) is 5. The molecule has 0 atom stereocenters. The van der Waals surface area contributed by atoms with E-state index < -0.39 is 21.7 Å². The Hall–Kier alpha value is -3.28. The van der Waals surface area contributed by atoms with E-state index in [0.29, 0.717) is 30.3 Å². The van der Waals surface area contributed by atoms with Gasteiger partial charge in [-0.25, -0.2) is 28.4 Å². The summed E-state index contributed by atoms with van der Waals surface area (Å²) in [6, 6.07) is 6.20. The SMILES string of the molecule is Cc1cc(Nc2nccc(C(F)(F)F)n2)cc(-c2cnc(N3CCS(=O)(=O)CC3)nc2)c1. The lowest BCUT2D eigenvalue weighted by Gasteiger charge is -2.26. The number of alkyl halides is 3. The molecule has 0 saturated carbocycles. The molecule has 0 radical (unpaired) electrons. The Bertz CT molecular complexity index is 1220. The minimum absolute atomic E-state index is 0.0721. The third kappa shape index (κ3) is 5.13. The largest absolute Gasteiger partial charge is 0.433 e. The number of nitrogens with one attached hydrogen (secondary N) is 1. The first-order chi connectivity index (χ1) is 15.1. The normalized spacial score (nSPS) is 16.1. The molecular formula is C20H19F3N6O2S. The second-order valence-electron chi connectivity index (χ2n) is 7.39. The summed E-state index contributed by atoms with van der Waals surface area (Å²) >= 11 is 0. The van der Waals surface area contributed by atoms with Crippen LogP contribution >= 0.6 is 0 Å². The molecule has 3 heterocycles. The van der Waals surface area contributed by atoms with Gasteiger partial charge < -0.3 is 10.2 Å². The van der Waals surface area contributed by atoms with Gasteiger partial charge in [-0.1, -0.05) is 6.07 Å². The molecule has 1 saturated heterocycles. The molecule has 3 aromatic rings. The van der Waals surface area contributed by atoms with Gasteiger partial charge in [-0.2, -0.15) is 13.2 Å². The quantitative estimate of drug-likeness (QED) is 0.628. The van der Waals surface area contributed by atoms with E-state index in [1.165, 1.54) is 0 Å². The van der Waals surface area contributed by atoms with Crippen molar-refractivity contribution in [1.29, 1.82) is 0 Å². The van der Waals surface area contributed by atoms with Crippen LogP contribution in [0.3, 0.4) is 0 Å². The van der Waals surface area contributed by atoms with Gasteiger partial charge in [-0.05, 0) is 36.2 Å². The highest BCUT2D eigenvalue weighted by Gasteiger charge is 2.32. The van der Waals surface area contributed by atoms with Gasteiger partial charge in [0, 0.05) is 42.9 Å². The van der Waals surface area contributed by atoms with Gasteiger partial charge in [0.2, 0.25) is 11.9 Å². The van der Waals surface area contributed by atoms with Gasteiger partial charge in [-0.15, -0.1) is 0 Å². The van der Waals surface area contributed by atoms with E-state index >= 15 is 0 Å². The van der Waals surface area contributed by atoms with Gasteiger partial charge in [0.05, 0.1) is 11.5 Å². The highest BCUT2D eigenvalue weighted by Crippen LogP contribution is 2.29. The van der Waals surface area contributed by atoms with E-state index in [9.17, 15) is 21.6 Å². The summed E-state index contributed by atoms with van der Waals surface area (Å²) in [6.45, 7) is 2.54. The fourth-order valence-electron chi connectivity index (χ4n) is 3.27. The predicted molar refractivity (Wildman–Crippen MR) is 113 cm³/mol. The molecule has 1 fully saturated rings. The van der Waals surface area contributed by atoms with E-state index in [4.69, 9.17) is 0 Å². The van der Waals surface area contributed by atoms with Crippen LogP contribution in [-0.2, 0) is 16.0 Å². The maximum Gasteiger partial charge on any atom is 0.433 e. The summed E-state index contributed by atoms with van der Waals surface area (Å²) in [5.41, 5.74) is 1.81. The van der Waals surface area contributed by atoms with E-state index in [-0.39, 0.29) is 17.5 Å². The van der Waals surface area contributed by atoms with Crippen LogP contribution in [0.25, 0.3) is 11.1 Å². The van der Waals surface area contributed by atoms with Crippen molar-refractivity contribution in [2.75, 3.05) is 34.8 Å². The molecule has 4 rings (SSSR count). The third-order valence-electron chi connectivity index (χ3n) is 4.88. The Kier molecular flexibility index (Phi) is 5.71. The molecule has 0 unspecified atom stereocenters. The second-order valence-corrected chi connectivity index (χ2v) is 9.69. The minimum Gasteiger partial charge on any atom is -0.339 e. The first kappa shape index (κ1) is 21.9. The highest BCUT2D eigenvalue weighted by atomic mass is 32.2. The van der Waals surface area contributed by atoms with Crippen LogP contribution in [0.4, 0.5) is 30.8 Å². The average molecular weight is 464 g/mol. The number of aryl methyl sites for hydroxylation is 1. The Balaban J connectivity index is 1.54. The number of benzene rings is 1. The summed E-state index contributed by atoms with van der Waals surface area (Å²) in [7, 11) is -3.00. The van der Waals surface area contributed by atoms with Gasteiger partial charge in [0.15, 0.2) is 9.84 Å². The zero-order chi connectivity index (χ0) is 22.9. The number of hydrogen-bond acceptors (Lipinski definition) is 8. The number of sulfone groups is 1. The Labute approximate surface area is 182 Å². The topological polar surface area (TPSA) is 101 Å². The van der Waals surface area contributed by atoms with Crippen molar-refractivity contribution in [3.05, 3.63) is 54.1 Å². The molecule has 1 N–H and O–H groups in total. The number of aromatic nitrogens is 4. The standard InChI is InChI=1S/C20H19F3N6O2S/c1-13-8-14(10-16(9-13)27-18-24-3-2-17(28-18)20(21,22)23)15-11-25-19(26-12-15)29-4-6-32(30,31)7-5-29/h2-3,8-12H,4-7H2,1H3,(H,24,27,28). The Morgan fingerprint density at radius 2 is 1.69 bits per heavy atom. The molecule has 1 aromatic carbocycles. The summed E-state index contributed by atoms with van der Waals surface area (Å²) in [4.78, 5) is 17.9. The summed E-state index contributed by atoms with van der Waals surface area (Å²) in [5, 5.41) is 2.81. The molecule has 168 valence electrons. The molecule has 2 aromatic heterocycles. The first-order valence-electron chi connectivity index (χ1n) is 9.66. The Morgan fingerprint density at radius 1 is 1.00 bits per heavy atom. The molecule has 1 aliphatic rings. The molecule has 0 amide bonds. The van der Waals surface area contributed by atoms with Crippen LogP contribution in [0.5, 0.6) is 0 Å². The maximum absolute atomic E-state index is 12.9. The van der Waals surface area contributed by atoms with Crippen LogP contribution in [0, 0.1) is 6.92 Å². The fraction of sp³-hybridized carbons (Fsp3) is 0.300. The zero-order valence-electron chi connectivity index (χ0n) is 17.0. The Morgan fingerprint density at radius 3 is 2.34 bits per heavy atom. The summed E-state index contributed by atoms with van der Waals surface area (Å²) in [6.07, 6.45) is -0.252. The van der Waals surface area contributed by atoms with Crippen LogP contribution in [0.2, 0.25) is 0 Å². The molecule has 32 heavy (non-hydrogen) atoms. The van der Waals surface area contributed by atoms with Crippen LogP contribution in [0.15, 0.2) is 42.9 Å². The monoisotopic (exact) mass is 464 g/mol. The molecule has 0 aliphatic carbocycles. The predicted octanol–water partition coefficient (Wildman–Crippen LogP) is 3.24. The lowest BCUT2D eigenvalue weighted by atomic mass is 10.1. The number of rotatable bonds is 4. The second kappa shape index (κ2) is 8.34. The number of halogens is 3.